The third-order valence-electron chi connectivity index (χ3n) is 6.21. The molecule has 0 aliphatic carbocycles. The van der Waals surface area contributed by atoms with E-state index < -0.39 is 0 Å². The summed E-state index contributed by atoms with van der Waals surface area (Å²) in [6.45, 7) is 2.17. The normalized spacial score (nSPS) is 11.3. The number of hydrogen-bond acceptors (Lipinski definition) is 4. The molecule has 0 fully saturated rings. The van der Waals surface area contributed by atoms with Crippen molar-refractivity contribution in [2.75, 3.05) is 0 Å². The predicted molar refractivity (Wildman–Crippen MR) is 137 cm³/mol. The number of phenols is 1. The maximum atomic E-state index is 10.3. The molecule has 4 nitrogen and oxygen atoms in total. The van der Waals surface area contributed by atoms with Crippen LogP contribution in [0.5, 0.6) is 5.75 Å². The number of benzene rings is 4. The Hall–Kier alpha value is -4.44. The second-order valence-corrected chi connectivity index (χ2v) is 8.34. The Bertz CT molecular complexity index is 1670. The molecule has 0 saturated carbocycles. The third kappa shape index (κ3) is 3.41. The number of fused-ring (bicyclic) bond motifs is 2. The molecule has 2 aromatic heterocycles. The molecule has 0 amide bonds. The van der Waals surface area contributed by atoms with Gasteiger partial charge in [0, 0.05) is 22.7 Å². The first-order chi connectivity index (χ1) is 16.7. The fraction of sp³-hybridized carbons (Fsp3) is 0.0667. The molecule has 1 N–H and O–H groups in total. The van der Waals surface area contributed by atoms with Gasteiger partial charge < -0.3 is 9.52 Å². The zero-order chi connectivity index (χ0) is 23.1. The van der Waals surface area contributed by atoms with Crippen molar-refractivity contribution in [2.45, 2.75) is 13.3 Å². The number of hydrogen-bond donors (Lipinski definition) is 1. The Morgan fingerprint density at radius 3 is 2.38 bits per heavy atom. The average molecular weight is 443 g/mol. The van der Waals surface area contributed by atoms with Crippen LogP contribution in [0.1, 0.15) is 12.5 Å². The minimum Gasteiger partial charge on any atom is -0.507 e. The lowest BCUT2D eigenvalue weighted by atomic mass is 9.95. The molecule has 164 valence electrons. The zero-order valence-corrected chi connectivity index (χ0v) is 18.7. The second kappa shape index (κ2) is 8.16. The van der Waals surface area contributed by atoms with Crippen LogP contribution in [0.2, 0.25) is 0 Å². The van der Waals surface area contributed by atoms with Gasteiger partial charge in [0.15, 0.2) is 5.58 Å². The maximum absolute atomic E-state index is 10.3. The van der Waals surface area contributed by atoms with Gasteiger partial charge in [-0.25, -0.2) is 4.98 Å². The first kappa shape index (κ1) is 20.2. The zero-order valence-electron chi connectivity index (χ0n) is 18.7. The van der Waals surface area contributed by atoms with Crippen LogP contribution >= 0.6 is 0 Å². The summed E-state index contributed by atoms with van der Waals surface area (Å²) in [5.74, 6) is 0.551. The molecule has 0 radical (unpaired) electrons. The van der Waals surface area contributed by atoms with Gasteiger partial charge in [0.25, 0.3) is 0 Å². The van der Waals surface area contributed by atoms with Gasteiger partial charge >= 0.3 is 0 Å². The fourth-order valence-electron chi connectivity index (χ4n) is 4.48. The minimum atomic E-state index is 0.146. The first-order valence-corrected chi connectivity index (χ1v) is 11.4. The summed E-state index contributed by atoms with van der Waals surface area (Å²) < 4.78 is 6.02. The summed E-state index contributed by atoms with van der Waals surface area (Å²) in [4.78, 5) is 9.44. The second-order valence-electron chi connectivity index (χ2n) is 8.34. The van der Waals surface area contributed by atoms with Crippen molar-refractivity contribution < 1.29 is 9.52 Å². The largest absolute Gasteiger partial charge is 0.507 e. The number of phenolic OH excluding ortho intramolecular Hbond substituents is 1. The van der Waals surface area contributed by atoms with Gasteiger partial charge in [0.2, 0.25) is 5.89 Å². The van der Waals surface area contributed by atoms with E-state index in [9.17, 15) is 5.11 Å². The van der Waals surface area contributed by atoms with E-state index >= 15 is 0 Å². The van der Waals surface area contributed by atoms with Gasteiger partial charge in [-0.1, -0.05) is 55.5 Å². The van der Waals surface area contributed by atoms with Crippen molar-refractivity contribution in [3.8, 4) is 39.5 Å². The van der Waals surface area contributed by atoms with Crippen LogP contribution in [0.25, 0.3) is 55.7 Å². The van der Waals surface area contributed by atoms with Gasteiger partial charge in [0.05, 0.1) is 11.1 Å². The Balaban J connectivity index is 1.51. The van der Waals surface area contributed by atoms with Crippen LogP contribution in [0.4, 0.5) is 0 Å². The Kier molecular flexibility index (Phi) is 4.84. The van der Waals surface area contributed by atoms with E-state index in [1.807, 2.05) is 30.5 Å². The molecule has 2 heterocycles. The predicted octanol–water partition coefficient (Wildman–Crippen LogP) is 7.65. The maximum Gasteiger partial charge on any atom is 0.231 e. The summed E-state index contributed by atoms with van der Waals surface area (Å²) in [5.41, 5.74) is 8.57. The molecule has 34 heavy (non-hydrogen) atoms. The minimum absolute atomic E-state index is 0.146. The van der Waals surface area contributed by atoms with Crippen molar-refractivity contribution >= 4 is 22.0 Å². The Labute approximate surface area is 197 Å². The SMILES string of the molecule is CCc1cc(-c2cccc(-c3cccc4oc(-c5ccccc5O)nc34)c2)c2ncccc2c1. The smallest absolute Gasteiger partial charge is 0.231 e. The molecule has 0 spiro atoms. The number of nitrogens with zero attached hydrogens (tertiary/aromatic N) is 2. The molecular formula is C30H22N2O2. The van der Waals surface area contributed by atoms with Crippen molar-refractivity contribution in [1.29, 1.82) is 0 Å². The highest BCUT2D eigenvalue weighted by Crippen LogP contribution is 2.37. The number of aromatic nitrogens is 2. The Morgan fingerprint density at radius 1 is 0.735 bits per heavy atom. The summed E-state index contributed by atoms with van der Waals surface area (Å²) in [5, 5.41) is 11.4. The number of oxazole rings is 1. The standard InChI is InChI=1S/C30H22N2O2/c1-2-19-16-22-10-7-15-31-28(22)25(17-19)21-9-5-8-20(18-21)23-12-6-14-27-29(23)32-30(34-27)24-11-3-4-13-26(24)33/h3-18,33H,2H2,1H3. The monoisotopic (exact) mass is 442 g/mol. The lowest BCUT2D eigenvalue weighted by Gasteiger charge is -2.11. The van der Waals surface area contributed by atoms with Crippen molar-refractivity contribution in [3.05, 3.63) is 103 Å². The molecule has 6 aromatic rings. The number of rotatable bonds is 4. The topological polar surface area (TPSA) is 59.2 Å². The van der Waals surface area contributed by atoms with E-state index in [-0.39, 0.29) is 5.75 Å². The van der Waals surface area contributed by atoms with Gasteiger partial charge in [-0.05, 0) is 65.6 Å². The summed E-state index contributed by atoms with van der Waals surface area (Å²) in [6, 6.07) is 30.0. The quantitative estimate of drug-likeness (QED) is 0.305. The number of aryl methyl sites for hydroxylation is 1. The van der Waals surface area contributed by atoms with Gasteiger partial charge in [0.1, 0.15) is 11.3 Å². The van der Waals surface area contributed by atoms with E-state index in [2.05, 4.69) is 60.4 Å². The molecule has 4 aromatic carbocycles. The van der Waals surface area contributed by atoms with E-state index in [1.165, 1.54) is 5.56 Å². The van der Waals surface area contributed by atoms with Crippen molar-refractivity contribution in [1.82, 2.24) is 9.97 Å². The highest BCUT2D eigenvalue weighted by atomic mass is 16.3. The highest BCUT2D eigenvalue weighted by Gasteiger charge is 2.16. The molecule has 0 aliphatic heterocycles. The van der Waals surface area contributed by atoms with Crippen LogP contribution in [-0.4, -0.2) is 15.1 Å². The third-order valence-corrected chi connectivity index (χ3v) is 6.21. The lowest BCUT2D eigenvalue weighted by Crippen LogP contribution is -1.90. The molecule has 0 unspecified atom stereocenters. The highest BCUT2D eigenvalue weighted by molar-refractivity contribution is 5.97. The number of pyridine rings is 1. The van der Waals surface area contributed by atoms with Crippen LogP contribution in [0.3, 0.4) is 0 Å². The van der Waals surface area contributed by atoms with Crippen molar-refractivity contribution in [3.63, 3.8) is 0 Å². The molecule has 0 saturated heterocycles. The Morgan fingerprint density at radius 2 is 1.53 bits per heavy atom. The number of para-hydroxylation sites is 2. The van der Waals surface area contributed by atoms with E-state index in [0.29, 0.717) is 17.0 Å². The van der Waals surface area contributed by atoms with Gasteiger partial charge in [-0.3, -0.25) is 4.98 Å². The van der Waals surface area contributed by atoms with Gasteiger partial charge in [-0.2, -0.15) is 0 Å². The van der Waals surface area contributed by atoms with Crippen molar-refractivity contribution in [2.24, 2.45) is 0 Å². The molecule has 0 bridgehead atoms. The molecular weight excluding hydrogens is 420 g/mol. The lowest BCUT2D eigenvalue weighted by molar-refractivity contribution is 0.474. The molecule has 6 rings (SSSR count). The fourth-order valence-corrected chi connectivity index (χ4v) is 4.48. The van der Waals surface area contributed by atoms with Crippen LogP contribution in [-0.2, 0) is 6.42 Å². The van der Waals surface area contributed by atoms with Gasteiger partial charge in [-0.15, -0.1) is 0 Å². The summed E-state index contributed by atoms with van der Waals surface area (Å²) in [7, 11) is 0. The number of aromatic hydroxyl groups is 1. The van der Waals surface area contributed by atoms with Crippen LogP contribution in [0.15, 0.2) is 102 Å². The summed E-state index contributed by atoms with van der Waals surface area (Å²) in [6.07, 6.45) is 2.81. The summed E-state index contributed by atoms with van der Waals surface area (Å²) >= 11 is 0. The van der Waals surface area contributed by atoms with Crippen LogP contribution < -0.4 is 0 Å². The van der Waals surface area contributed by atoms with E-state index in [4.69, 9.17) is 9.40 Å². The molecule has 4 heteroatoms. The van der Waals surface area contributed by atoms with E-state index in [1.54, 1.807) is 18.2 Å². The first-order valence-electron chi connectivity index (χ1n) is 11.4. The van der Waals surface area contributed by atoms with Crippen LogP contribution in [0, 0.1) is 0 Å². The molecule has 0 aliphatic rings. The van der Waals surface area contributed by atoms with E-state index in [0.717, 1.165) is 45.1 Å². The molecule has 0 atom stereocenters. The average Bonchev–Trinajstić information content (AvgIpc) is 3.32.